The lowest BCUT2D eigenvalue weighted by Crippen LogP contribution is -2.29. The Morgan fingerprint density at radius 3 is 2.19 bits per heavy atom. The highest BCUT2D eigenvalue weighted by atomic mass is 16.5. The first-order valence-corrected chi connectivity index (χ1v) is 12.7. The third kappa shape index (κ3) is 5.31. The van der Waals surface area contributed by atoms with Crippen molar-refractivity contribution in [1.29, 1.82) is 0 Å². The zero-order valence-corrected chi connectivity index (χ0v) is 22.4. The lowest BCUT2D eigenvalue weighted by molar-refractivity contribution is -0.132. The molecule has 0 saturated carbocycles. The van der Waals surface area contributed by atoms with Crippen molar-refractivity contribution in [3.05, 3.63) is 101 Å². The maximum absolute atomic E-state index is 13.4. The molecule has 0 aliphatic carbocycles. The van der Waals surface area contributed by atoms with Crippen molar-refractivity contribution in [1.82, 2.24) is 0 Å². The molecule has 3 aromatic carbocycles. The Morgan fingerprint density at radius 2 is 1.62 bits per heavy atom. The fraction of sp³-hybridized carbons (Fsp3) is 0.312. The van der Waals surface area contributed by atoms with Gasteiger partial charge in [0.25, 0.3) is 11.7 Å². The number of aliphatic hydroxyl groups excluding tert-OH is 1. The molecule has 0 bridgehead atoms. The number of ketones is 1. The monoisotopic (exact) mass is 497 g/mol. The molecule has 1 fully saturated rings. The number of rotatable bonds is 6. The number of ether oxygens (including phenoxy) is 1. The van der Waals surface area contributed by atoms with E-state index >= 15 is 0 Å². The van der Waals surface area contributed by atoms with Gasteiger partial charge in [-0.1, -0.05) is 77.1 Å². The van der Waals surface area contributed by atoms with Crippen LogP contribution in [0.5, 0.6) is 5.75 Å². The molecular weight excluding hydrogens is 462 g/mol. The SMILES string of the molecule is Cc1cc(/C(O)=C2/C(=O)C(=O)N(c3ccc(C(C)(C)C)cc3)C2c2ccccc2)ccc1OCC(C)C. The molecule has 37 heavy (non-hydrogen) atoms. The Kier molecular flexibility index (Phi) is 7.26. The van der Waals surface area contributed by atoms with Crippen LogP contribution >= 0.6 is 0 Å². The van der Waals surface area contributed by atoms with Gasteiger partial charge in [-0.25, -0.2) is 0 Å². The predicted octanol–water partition coefficient (Wildman–Crippen LogP) is 6.95. The van der Waals surface area contributed by atoms with E-state index in [1.807, 2.05) is 61.5 Å². The minimum absolute atomic E-state index is 0.0472. The van der Waals surface area contributed by atoms with Crippen molar-refractivity contribution in [2.75, 3.05) is 11.5 Å². The molecule has 4 rings (SSSR count). The van der Waals surface area contributed by atoms with Gasteiger partial charge < -0.3 is 9.84 Å². The van der Waals surface area contributed by atoms with E-state index in [1.165, 1.54) is 4.90 Å². The van der Waals surface area contributed by atoms with E-state index < -0.39 is 17.7 Å². The molecule has 1 aliphatic rings. The van der Waals surface area contributed by atoms with Gasteiger partial charge in [0.05, 0.1) is 18.2 Å². The summed E-state index contributed by atoms with van der Waals surface area (Å²) in [7, 11) is 0. The first-order chi connectivity index (χ1) is 17.5. The second-order valence-corrected chi connectivity index (χ2v) is 11.1. The summed E-state index contributed by atoms with van der Waals surface area (Å²) in [6, 6.07) is 21.6. The van der Waals surface area contributed by atoms with Crippen molar-refractivity contribution in [3.8, 4) is 5.75 Å². The fourth-order valence-corrected chi connectivity index (χ4v) is 4.54. The maximum atomic E-state index is 13.4. The zero-order valence-electron chi connectivity index (χ0n) is 22.4. The molecule has 5 heteroatoms. The third-order valence-corrected chi connectivity index (χ3v) is 6.59. The first-order valence-electron chi connectivity index (χ1n) is 12.7. The lowest BCUT2D eigenvalue weighted by atomic mass is 9.87. The highest BCUT2D eigenvalue weighted by Crippen LogP contribution is 2.42. The molecule has 0 aromatic heterocycles. The molecule has 3 aromatic rings. The highest BCUT2D eigenvalue weighted by Gasteiger charge is 2.47. The molecule has 1 amide bonds. The maximum Gasteiger partial charge on any atom is 0.300 e. The first kappa shape index (κ1) is 26.2. The highest BCUT2D eigenvalue weighted by molar-refractivity contribution is 6.51. The van der Waals surface area contributed by atoms with Crippen LogP contribution in [0.2, 0.25) is 0 Å². The molecular formula is C32H35NO4. The fourth-order valence-electron chi connectivity index (χ4n) is 4.54. The lowest BCUT2D eigenvalue weighted by Gasteiger charge is -2.26. The number of carbonyl (C=O) groups excluding carboxylic acids is 2. The number of hydrogen-bond acceptors (Lipinski definition) is 4. The standard InChI is InChI=1S/C32H35NO4/c1-20(2)19-37-26-17-12-23(18-21(26)3)29(34)27-28(22-10-8-7-9-11-22)33(31(36)30(27)35)25-15-13-24(14-16-25)32(4,5)6/h7-18,20,28,34H,19H2,1-6H3/b29-27-. The van der Waals surface area contributed by atoms with Crippen molar-refractivity contribution in [3.63, 3.8) is 0 Å². The third-order valence-electron chi connectivity index (χ3n) is 6.59. The Labute approximate surface area is 219 Å². The van der Waals surface area contributed by atoms with Crippen LogP contribution in [-0.4, -0.2) is 23.4 Å². The summed E-state index contributed by atoms with van der Waals surface area (Å²) in [6.45, 7) is 13.0. The molecule has 1 aliphatic heterocycles. The number of aryl methyl sites for hydroxylation is 1. The Morgan fingerprint density at radius 1 is 0.973 bits per heavy atom. The second kappa shape index (κ2) is 10.3. The van der Waals surface area contributed by atoms with Crippen LogP contribution in [0.15, 0.2) is 78.4 Å². The number of carbonyl (C=O) groups is 2. The molecule has 1 unspecified atom stereocenters. The Hall–Kier alpha value is -3.86. The van der Waals surface area contributed by atoms with E-state index in [-0.39, 0.29) is 16.7 Å². The molecule has 5 nitrogen and oxygen atoms in total. The number of amides is 1. The van der Waals surface area contributed by atoms with Crippen LogP contribution in [0.4, 0.5) is 5.69 Å². The summed E-state index contributed by atoms with van der Waals surface area (Å²) in [6.07, 6.45) is 0. The molecule has 192 valence electrons. The largest absolute Gasteiger partial charge is 0.507 e. The van der Waals surface area contributed by atoms with Gasteiger partial charge in [-0.05, 0) is 65.3 Å². The summed E-state index contributed by atoms with van der Waals surface area (Å²) < 4.78 is 5.87. The van der Waals surface area contributed by atoms with Gasteiger partial charge in [-0.2, -0.15) is 0 Å². The molecule has 1 heterocycles. The average molecular weight is 498 g/mol. The van der Waals surface area contributed by atoms with E-state index in [2.05, 4.69) is 34.6 Å². The predicted molar refractivity (Wildman–Crippen MR) is 148 cm³/mol. The van der Waals surface area contributed by atoms with Crippen LogP contribution in [0.1, 0.15) is 62.9 Å². The van der Waals surface area contributed by atoms with Crippen molar-refractivity contribution in [2.45, 2.75) is 53.0 Å². The van der Waals surface area contributed by atoms with Crippen molar-refractivity contribution >= 4 is 23.1 Å². The van der Waals surface area contributed by atoms with Crippen LogP contribution in [0.3, 0.4) is 0 Å². The van der Waals surface area contributed by atoms with Crippen molar-refractivity contribution < 1.29 is 19.4 Å². The van der Waals surface area contributed by atoms with E-state index in [4.69, 9.17) is 4.74 Å². The average Bonchev–Trinajstić information content (AvgIpc) is 3.13. The summed E-state index contributed by atoms with van der Waals surface area (Å²) in [4.78, 5) is 28.3. The summed E-state index contributed by atoms with van der Waals surface area (Å²) >= 11 is 0. The Balaban J connectivity index is 1.82. The van der Waals surface area contributed by atoms with E-state index in [1.54, 1.807) is 18.2 Å². The molecule has 1 saturated heterocycles. The van der Waals surface area contributed by atoms with Gasteiger partial charge in [0, 0.05) is 11.3 Å². The van der Waals surface area contributed by atoms with Gasteiger partial charge in [0.2, 0.25) is 0 Å². The summed E-state index contributed by atoms with van der Waals surface area (Å²) in [5.74, 6) is -0.452. The number of Topliss-reactive ketones (excluding diaryl/α,β-unsaturated/α-hetero) is 1. The topological polar surface area (TPSA) is 66.8 Å². The van der Waals surface area contributed by atoms with Gasteiger partial charge in [-0.15, -0.1) is 0 Å². The minimum atomic E-state index is -0.751. The Bertz CT molecular complexity index is 1330. The van der Waals surface area contributed by atoms with Gasteiger partial charge in [0.15, 0.2) is 0 Å². The number of nitrogens with zero attached hydrogens (tertiary/aromatic N) is 1. The normalized spacial score (nSPS) is 17.5. The van der Waals surface area contributed by atoms with Crippen LogP contribution in [0.25, 0.3) is 5.76 Å². The number of anilines is 1. The van der Waals surface area contributed by atoms with Crippen LogP contribution < -0.4 is 9.64 Å². The summed E-state index contributed by atoms with van der Waals surface area (Å²) in [5, 5.41) is 11.4. The van der Waals surface area contributed by atoms with Gasteiger partial charge in [0.1, 0.15) is 11.5 Å². The van der Waals surface area contributed by atoms with Crippen LogP contribution in [0, 0.1) is 12.8 Å². The quantitative estimate of drug-likeness (QED) is 0.227. The minimum Gasteiger partial charge on any atom is -0.507 e. The van der Waals surface area contributed by atoms with Crippen molar-refractivity contribution in [2.24, 2.45) is 5.92 Å². The second-order valence-electron chi connectivity index (χ2n) is 11.1. The van der Waals surface area contributed by atoms with E-state index in [0.29, 0.717) is 23.8 Å². The molecule has 1 atom stereocenters. The van der Waals surface area contributed by atoms with Gasteiger partial charge >= 0.3 is 0 Å². The van der Waals surface area contributed by atoms with Crippen LogP contribution in [-0.2, 0) is 15.0 Å². The molecule has 0 spiro atoms. The molecule has 1 N–H and O–H groups in total. The number of benzene rings is 3. The van der Waals surface area contributed by atoms with E-state index in [9.17, 15) is 14.7 Å². The number of aliphatic hydroxyl groups is 1. The van der Waals surface area contributed by atoms with E-state index in [0.717, 1.165) is 22.4 Å². The number of hydrogen-bond donors (Lipinski definition) is 1. The smallest absolute Gasteiger partial charge is 0.300 e. The van der Waals surface area contributed by atoms with Gasteiger partial charge in [-0.3, -0.25) is 14.5 Å². The summed E-state index contributed by atoms with van der Waals surface area (Å²) in [5.41, 5.74) is 3.82. The zero-order chi connectivity index (χ0) is 26.9. The molecule has 0 radical (unpaired) electrons.